The Labute approximate surface area is 232 Å². The molecule has 0 spiro atoms. The van der Waals surface area contributed by atoms with Crippen molar-refractivity contribution in [2.24, 2.45) is 10.8 Å². The molecule has 0 saturated heterocycles. The normalized spacial score (nSPS) is 21.8. The van der Waals surface area contributed by atoms with Gasteiger partial charge in [0.1, 0.15) is 5.75 Å². The third-order valence-corrected chi connectivity index (χ3v) is 8.38. The highest BCUT2D eigenvalue weighted by atomic mass is 35.5. The Kier molecular flexibility index (Phi) is 8.39. The first-order chi connectivity index (χ1) is 18.4. The van der Waals surface area contributed by atoms with Crippen LogP contribution in [0.1, 0.15) is 79.5 Å². The molecule has 0 aliphatic heterocycles. The molecule has 4 rings (SSSR count). The summed E-state index contributed by atoms with van der Waals surface area (Å²) in [6.45, 7) is 4.31. The van der Waals surface area contributed by atoms with Gasteiger partial charge in [0.15, 0.2) is 11.6 Å². The maximum absolute atomic E-state index is 14.9. The van der Waals surface area contributed by atoms with Crippen molar-refractivity contribution < 1.29 is 33.4 Å². The van der Waals surface area contributed by atoms with Gasteiger partial charge in [-0.15, -0.1) is 0 Å². The second-order valence-corrected chi connectivity index (χ2v) is 11.5. The summed E-state index contributed by atoms with van der Waals surface area (Å²) in [5, 5.41) is 15.3. The van der Waals surface area contributed by atoms with E-state index in [-0.39, 0.29) is 38.8 Å². The van der Waals surface area contributed by atoms with Crippen LogP contribution in [-0.4, -0.2) is 42.6 Å². The Morgan fingerprint density at radius 2 is 1.77 bits per heavy atom. The Hall–Kier alpha value is -3.33. The third-order valence-electron chi connectivity index (χ3n) is 8.07. The number of nitrogens with one attached hydrogen (secondary N) is 2. The van der Waals surface area contributed by atoms with E-state index in [1.807, 2.05) is 0 Å². The lowest BCUT2D eigenvalue weighted by Crippen LogP contribution is -2.40. The monoisotopic (exact) mass is 560 g/mol. The van der Waals surface area contributed by atoms with Crippen molar-refractivity contribution in [1.82, 2.24) is 5.32 Å². The number of anilines is 1. The number of aliphatic carboxylic acids is 1. The highest BCUT2D eigenvalue weighted by Crippen LogP contribution is 2.40. The molecule has 2 fully saturated rings. The molecule has 10 heteroatoms. The molecule has 2 aliphatic rings. The van der Waals surface area contributed by atoms with Crippen molar-refractivity contribution >= 4 is 35.1 Å². The van der Waals surface area contributed by atoms with Crippen LogP contribution >= 0.6 is 11.6 Å². The van der Waals surface area contributed by atoms with Gasteiger partial charge in [-0.1, -0.05) is 31.0 Å². The van der Waals surface area contributed by atoms with E-state index >= 15 is 0 Å². The van der Waals surface area contributed by atoms with Gasteiger partial charge in [0.25, 0.3) is 11.8 Å². The van der Waals surface area contributed by atoms with Crippen LogP contribution in [0, 0.1) is 16.6 Å². The number of ether oxygens (including phenoxy) is 2. The molecular weight excluding hydrogens is 527 g/mol. The van der Waals surface area contributed by atoms with E-state index in [4.69, 9.17) is 21.1 Å². The molecule has 2 aromatic rings. The zero-order valence-corrected chi connectivity index (χ0v) is 23.1. The number of hydrogen-bond acceptors (Lipinski definition) is 5. The molecular formula is C29H34ClFN2O6. The number of carbonyl (C=O) groups excluding carboxylic acids is 2. The lowest BCUT2D eigenvalue weighted by Gasteiger charge is -2.38. The number of halogens is 2. The van der Waals surface area contributed by atoms with Gasteiger partial charge in [-0.25, -0.2) is 4.39 Å². The smallest absolute Gasteiger partial charge is 0.309 e. The van der Waals surface area contributed by atoms with Crippen LogP contribution in [0.4, 0.5) is 10.1 Å². The van der Waals surface area contributed by atoms with Crippen molar-refractivity contribution in [3.05, 3.63) is 52.3 Å². The fourth-order valence-corrected chi connectivity index (χ4v) is 5.36. The van der Waals surface area contributed by atoms with Crippen LogP contribution in [0.5, 0.6) is 11.5 Å². The van der Waals surface area contributed by atoms with Crippen LogP contribution in [0.2, 0.25) is 5.02 Å². The lowest BCUT2D eigenvalue weighted by molar-refractivity contribution is -0.150. The van der Waals surface area contributed by atoms with Gasteiger partial charge >= 0.3 is 5.97 Å². The summed E-state index contributed by atoms with van der Waals surface area (Å²) in [6.07, 6.45) is 4.49. The van der Waals surface area contributed by atoms with Crippen LogP contribution in [0.25, 0.3) is 0 Å². The van der Waals surface area contributed by atoms with E-state index in [1.54, 1.807) is 25.1 Å². The van der Waals surface area contributed by atoms with Gasteiger partial charge in [0, 0.05) is 12.6 Å². The van der Waals surface area contributed by atoms with Gasteiger partial charge in [0.2, 0.25) is 0 Å². The van der Waals surface area contributed by atoms with Gasteiger partial charge in [-0.05, 0) is 69.1 Å². The minimum absolute atomic E-state index is 0.00777. The molecule has 2 saturated carbocycles. The van der Waals surface area contributed by atoms with Gasteiger partial charge in [-0.2, -0.15) is 0 Å². The first-order valence-corrected chi connectivity index (χ1v) is 13.5. The summed E-state index contributed by atoms with van der Waals surface area (Å²) in [7, 11) is 1.32. The minimum Gasteiger partial charge on any atom is -0.496 e. The second-order valence-electron chi connectivity index (χ2n) is 11.1. The molecule has 2 amide bonds. The maximum Gasteiger partial charge on any atom is 0.309 e. The van der Waals surface area contributed by atoms with Crippen molar-refractivity contribution in [3.8, 4) is 11.5 Å². The maximum atomic E-state index is 14.9. The van der Waals surface area contributed by atoms with Gasteiger partial charge < -0.3 is 25.2 Å². The number of carboxylic acid groups (broad SMARTS) is 1. The third kappa shape index (κ3) is 6.30. The Balaban J connectivity index is 1.52. The quantitative estimate of drug-likeness (QED) is 0.343. The highest BCUT2D eigenvalue weighted by Gasteiger charge is 2.38. The molecule has 39 heavy (non-hydrogen) atoms. The number of methoxy groups -OCH3 is 1. The van der Waals surface area contributed by atoms with E-state index in [0.717, 1.165) is 25.3 Å². The molecule has 2 aliphatic carbocycles. The van der Waals surface area contributed by atoms with Crippen LogP contribution < -0.4 is 20.1 Å². The lowest BCUT2D eigenvalue weighted by atomic mass is 9.70. The molecule has 0 radical (unpaired) electrons. The van der Waals surface area contributed by atoms with Crippen molar-refractivity contribution in [3.63, 3.8) is 0 Å². The van der Waals surface area contributed by atoms with E-state index < -0.39 is 35.1 Å². The first kappa shape index (κ1) is 28.7. The van der Waals surface area contributed by atoms with E-state index in [0.29, 0.717) is 32.2 Å². The number of rotatable bonds is 9. The minimum atomic E-state index is -0.859. The first-order valence-electron chi connectivity index (χ1n) is 13.1. The fourth-order valence-electron chi connectivity index (χ4n) is 5.10. The summed E-state index contributed by atoms with van der Waals surface area (Å²) >= 11 is 6.36. The number of benzene rings is 2. The Morgan fingerprint density at radius 3 is 2.36 bits per heavy atom. The molecule has 0 unspecified atom stereocenters. The molecule has 0 atom stereocenters. The van der Waals surface area contributed by atoms with E-state index in [2.05, 4.69) is 17.6 Å². The Morgan fingerprint density at radius 1 is 1.08 bits per heavy atom. The summed E-state index contributed by atoms with van der Waals surface area (Å²) in [6, 6.07) is 7.09. The summed E-state index contributed by atoms with van der Waals surface area (Å²) in [5.41, 5.74) is -0.425. The van der Waals surface area contributed by atoms with Crippen molar-refractivity contribution in [2.45, 2.75) is 64.9 Å². The average molecular weight is 561 g/mol. The molecule has 0 heterocycles. The number of hydrogen-bond donors (Lipinski definition) is 3. The van der Waals surface area contributed by atoms with Crippen LogP contribution in [0.15, 0.2) is 30.3 Å². The summed E-state index contributed by atoms with van der Waals surface area (Å²) in [5.74, 6) is -2.75. The fraction of sp³-hybridized carbons (Fsp3) is 0.483. The molecule has 8 nitrogen and oxygen atoms in total. The van der Waals surface area contributed by atoms with Crippen LogP contribution in [-0.2, 0) is 4.79 Å². The average Bonchev–Trinajstić information content (AvgIpc) is 2.88. The topological polar surface area (TPSA) is 114 Å². The number of carbonyl (C=O) groups is 3. The zero-order chi connectivity index (χ0) is 28.4. The predicted octanol–water partition coefficient (Wildman–Crippen LogP) is 6.07. The van der Waals surface area contributed by atoms with Crippen molar-refractivity contribution in [1.29, 1.82) is 0 Å². The number of carboxylic acids is 1. The molecule has 0 bridgehead atoms. The molecule has 210 valence electrons. The molecule has 2 aromatic carbocycles. The highest BCUT2D eigenvalue weighted by molar-refractivity contribution is 6.35. The standard InChI is InChI=1S/C29H34ClFN2O6/c1-28(10-5-11-28)16-32-26(35)24-19(30)6-4-7-21(24)33-25(34)18-14-23(20(31)15-22(18)38-3)39-17-8-12-29(2,13-9-17)27(36)37/h4,6-7,14-15,17H,5,8-13,16H2,1-3H3,(H,32,35)(H,33,34)(H,36,37). The summed E-state index contributed by atoms with van der Waals surface area (Å²) in [4.78, 5) is 37.9. The summed E-state index contributed by atoms with van der Waals surface area (Å²) < 4.78 is 26.0. The van der Waals surface area contributed by atoms with Gasteiger partial charge in [-0.3, -0.25) is 14.4 Å². The number of amides is 2. The SMILES string of the molecule is COc1cc(F)c(OC2CCC(C)(C(=O)O)CC2)cc1C(=O)Nc1cccc(Cl)c1C(=O)NCC1(C)CCC1. The zero-order valence-electron chi connectivity index (χ0n) is 22.4. The van der Waals surface area contributed by atoms with Crippen LogP contribution in [0.3, 0.4) is 0 Å². The van der Waals surface area contributed by atoms with Crippen molar-refractivity contribution in [2.75, 3.05) is 19.0 Å². The second kappa shape index (κ2) is 11.4. The van der Waals surface area contributed by atoms with E-state index in [9.17, 15) is 23.9 Å². The predicted molar refractivity (Wildman–Crippen MR) is 145 cm³/mol. The molecule has 3 N–H and O–H groups in total. The van der Waals surface area contributed by atoms with E-state index in [1.165, 1.54) is 13.2 Å². The molecule has 0 aromatic heterocycles. The largest absolute Gasteiger partial charge is 0.496 e. The Bertz CT molecular complexity index is 1270. The van der Waals surface area contributed by atoms with Gasteiger partial charge in [0.05, 0.1) is 40.5 Å².